The summed E-state index contributed by atoms with van der Waals surface area (Å²) < 4.78 is 29.2. The summed E-state index contributed by atoms with van der Waals surface area (Å²) in [5.74, 6) is -0.171. The maximum Gasteiger partial charge on any atom is 0.387 e. The van der Waals surface area contributed by atoms with Crippen molar-refractivity contribution in [3.05, 3.63) is 53.1 Å². The lowest BCUT2D eigenvalue weighted by molar-refractivity contribution is -0.0498. The maximum absolute atomic E-state index is 12.7. The van der Waals surface area contributed by atoms with E-state index in [9.17, 15) is 13.6 Å². The van der Waals surface area contributed by atoms with E-state index >= 15 is 0 Å². The zero-order chi connectivity index (χ0) is 17.6. The van der Waals surface area contributed by atoms with Crippen LogP contribution in [0.5, 0.6) is 5.75 Å². The van der Waals surface area contributed by atoms with Gasteiger partial charge in [0, 0.05) is 30.5 Å². The number of rotatable bonds is 3. The van der Waals surface area contributed by atoms with Gasteiger partial charge in [-0.3, -0.25) is 4.79 Å². The molecule has 0 saturated heterocycles. The van der Waals surface area contributed by atoms with Crippen LogP contribution in [0, 0.1) is 0 Å². The second kappa shape index (κ2) is 6.02. The van der Waals surface area contributed by atoms with E-state index in [1.807, 2.05) is 12.1 Å². The number of alkyl halides is 2. The lowest BCUT2D eigenvalue weighted by Crippen LogP contribution is -2.26. The molecule has 4 rings (SSSR count). The number of hydrogen-bond donors (Lipinski definition) is 0. The molecule has 2 heterocycles. The van der Waals surface area contributed by atoms with Gasteiger partial charge in [-0.15, -0.1) is 0 Å². The Labute approximate surface area is 144 Å². The fraction of sp³-hybridized carbons (Fsp3) is 0.316. The Morgan fingerprint density at radius 2 is 1.96 bits per heavy atom. The number of amides is 1. The van der Waals surface area contributed by atoms with Crippen LogP contribution in [0.1, 0.15) is 27.9 Å². The Morgan fingerprint density at radius 1 is 1.12 bits per heavy atom. The Balaban J connectivity index is 1.63. The second-order valence-electron chi connectivity index (χ2n) is 6.43. The predicted molar refractivity (Wildman–Crippen MR) is 91.6 cm³/mol. The van der Waals surface area contributed by atoms with Gasteiger partial charge >= 0.3 is 6.61 Å². The number of hydrogen-bond acceptors (Lipinski definition) is 3. The van der Waals surface area contributed by atoms with E-state index in [2.05, 4.69) is 22.8 Å². The average Bonchev–Trinajstić information content (AvgIpc) is 2.91. The third-order valence-corrected chi connectivity index (χ3v) is 4.84. The second-order valence-corrected chi connectivity index (χ2v) is 6.43. The van der Waals surface area contributed by atoms with Gasteiger partial charge in [0.05, 0.1) is 6.54 Å². The highest BCUT2D eigenvalue weighted by atomic mass is 19.3. The van der Waals surface area contributed by atoms with Gasteiger partial charge in [-0.1, -0.05) is 6.07 Å². The molecule has 2 aliphatic rings. The summed E-state index contributed by atoms with van der Waals surface area (Å²) in [4.78, 5) is 16.6. The molecule has 0 aromatic heterocycles. The monoisotopic (exact) mass is 344 g/mol. The molecule has 0 N–H and O–H groups in total. The summed E-state index contributed by atoms with van der Waals surface area (Å²) in [6, 6.07) is 10.6. The van der Waals surface area contributed by atoms with Crippen molar-refractivity contribution in [2.45, 2.75) is 26.0 Å². The van der Waals surface area contributed by atoms with Crippen LogP contribution in [0.25, 0.3) is 0 Å². The number of fused-ring (bicyclic) bond motifs is 2. The highest BCUT2D eigenvalue weighted by Gasteiger charge is 2.30. The van der Waals surface area contributed by atoms with Crippen molar-refractivity contribution in [1.29, 1.82) is 0 Å². The van der Waals surface area contributed by atoms with E-state index in [4.69, 9.17) is 0 Å². The first kappa shape index (κ1) is 15.9. The maximum atomic E-state index is 12.7. The number of nitrogens with zero attached hydrogens (tertiary/aromatic N) is 2. The number of anilines is 2. The third kappa shape index (κ3) is 2.81. The zero-order valence-electron chi connectivity index (χ0n) is 13.8. The van der Waals surface area contributed by atoms with E-state index in [1.54, 1.807) is 11.0 Å². The van der Waals surface area contributed by atoms with Crippen molar-refractivity contribution < 1.29 is 18.3 Å². The van der Waals surface area contributed by atoms with Crippen molar-refractivity contribution >= 4 is 17.3 Å². The molecule has 6 heteroatoms. The molecule has 130 valence electrons. The molecule has 0 spiro atoms. The minimum absolute atomic E-state index is 0.0102. The molecule has 1 amide bonds. The van der Waals surface area contributed by atoms with Crippen molar-refractivity contribution in [2.75, 3.05) is 23.4 Å². The molecular formula is C19H18F2N2O2. The van der Waals surface area contributed by atoms with Gasteiger partial charge in [0.15, 0.2) is 0 Å². The van der Waals surface area contributed by atoms with Crippen LogP contribution in [0.4, 0.5) is 20.2 Å². The minimum Gasteiger partial charge on any atom is -0.435 e. The van der Waals surface area contributed by atoms with E-state index in [1.165, 1.54) is 23.4 Å². The lowest BCUT2D eigenvalue weighted by atomic mass is 10.0. The van der Waals surface area contributed by atoms with Crippen molar-refractivity contribution in [3.63, 3.8) is 0 Å². The molecule has 0 bridgehead atoms. The summed E-state index contributed by atoms with van der Waals surface area (Å²) in [6.45, 7) is -1.42. The molecule has 0 atom stereocenters. The van der Waals surface area contributed by atoms with Gasteiger partial charge in [-0.2, -0.15) is 8.78 Å². The van der Waals surface area contributed by atoms with Gasteiger partial charge in [0.1, 0.15) is 5.75 Å². The fourth-order valence-corrected chi connectivity index (χ4v) is 3.60. The quantitative estimate of drug-likeness (QED) is 0.848. The molecule has 2 aromatic carbocycles. The van der Waals surface area contributed by atoms with E-state index in [0.29, 0.717) is 12.1 Å². The molecule has 0 radical (unpaired) electrons. The highest BCUT2D eigenvalue weighted by Crippen LogP contribution is 2.35. The predicted octanol–water partition coefficient (Wildman–Crippen LogP) is 3.83. The van der Waals surface area contributed by atoms with Crippen molar-refractivity contribution in [3.8, 4) is 5.75 Å². The SMILES string of the molecule is CN1CCCc2cc(N3Cc4ccc(OC(F)F)cc4C3=O)ccc21. The summed E-state index contributed by atoms with van der Waals surface area (Å²) in [5, 5.41) is 0. The van der Waals surface area contributed by atoms with Crippen LogP contribution in [-0.2, 0) is 13.0 Å². The van der Waals surface area contributed by atoms with Gasteiger partial charge in [-0.05, 0) is 54.3 Å². The number of aryl methyl sites for hydroxylation is 1. The Bertz CT molecular complexity index is 838. The molecule has 4 nitrogen and oxygen atoms in total. The van der Waals surface area contributed by atoms with Crippen LogP contribution in [0.15, 0.2) is 36.4 Å². The summed E-state index contributed by atoms with van der Waals surface area (Å²) in [5.41, 5.74) is 4.52. The molecule has 2 aliphatic heterocycles. The van der Waals surface area contributed by atoms with Crippen LogP contribution >= 0.6 is 0 Å². The Morgan fingerprint density at radius 3 is 2.76 bits per heavy atom. The molecule has 0 fully saturated rings. The van der Waals surface area contributed by atoms with E-state index in [-0.39, 0.29) is 11.7 Å². The van der Waals surface area contributed by atoms with E-state index in [0.717, 1.165) is 30.6 Å². The van der Waals surface area contributed by atoms with Gasteiger partial charge < -0.3 is 14.5 Å². The molecule has 0 saturated carbocycles. The first-order chi connectivity index (χ1) is 12.0. The summed E-state index contributed by atoms with van der Waals surface area (Å²) >= 11 is 0. The molecule has 0 aliphatic carbocycles. The van der Waals surface area contributed by atoms with Crippen LogP contribution in [-0.4, -0.2) is 26.1 Å². The minimum atomic E-state index is -2.90. The topological polar surface area (TPSA) is 32.8 Å². The van der Waals surface area contributed by atoms with Crippen LogP contribution in [0.3, 0.4) is 0 Å². The molecule has 2 aromatic rings. The largest absolute Gasteiger partial charge is 0.435 e. The Kier molecular flexibility index (Phi) is 3.82. The normalized spacial score (nSPS) is 16.2. The summed E-state index contributed by atoms with van der Waals surface area (Å²) in [6.07, 6.45) is 2.09. The van der Waals surface area contributed by atoms with Crippen molar-refractivity contribution in [1.82, 2.24) is 0 Å². The van der Waals surface area contributed by atoms with Gasteiger partial charge in [0.2, 0.25) is 0 Å². The average molecular weight is 344 g/mol. The fourth-order valence-electron chi connectivity index (χ4n) is 3.60. The molecular weight excluding hydrogens is 326 g/mol. The van der Waals surface area contributed by atoms with Gasteiger partial charge in [-0.25, -0.2) is 0 Å². The number of carbonyl (C=O) groups excluding carboxylic acids is 1. The molecule has 0 unspecified atom stereocenters. The van der Waals surface area contributed by atoms with Crippen LogP contribution in [0.2, 0.25) is 0 Å². The van der Waals surface area contributed by atoms with Gasteiger partial charge in [0.25, 0.3) is 5.91 Å². The molecule has 25 heavy (non-hydrogen) atoms. The lowest BCUT2D eigenvalue weighted by Gasteiger charge is -2.29. The standard InChI is InChI=1S/C19H18F2N2O2/c1-22-8-2-3-12-9-14(5-7-17(12)22)23-11-13-4-6-15(25-19(20)21)10-16(13)18(23)24/h4-7,9-10,19H,2-3,8,11H2,1H3. The van der Waals surface area contributed by atoms with E-state index < -0.39 is 6.61 Å². The highest BCUT2D eigenvalue weighted by molar-refractivity contribution is 6.10. The Hall–Kier alpha value is -2.63. The smallest absolute Gasteiger partial charge is 0.387 e. The third-order valence-electron chi connectivity index (χ3n) is 4.84. The first-order valence-corrected chi connectivity index (χ1v) is 8.26. The number of carbonyl (C=O) groups is 1. The first-order valence-electron chi connectivity index (χ1n) is 8.26. The number of ether oxygens (including phenoxy) is 1. The van der Waals surface area contributed by atoms with Crippen molar-refractivity contribution in [2.24, 2.45) is 0 Å². The number of halogens is 2. The zero-order valence-corrected chi connectivity index (χ0v) is 13.8. The van der Waals surface area contributed by atoms with Crippen LogP contribution < -0.4 is 14.5 Å². The number of benzene rings is 2. The summed E-state index contributed by atoms with van der Waals surface area (Å²) in [7, 11) is 2.07.